The Morgan fingerprint density at radius 2 is 2.09 bits per heavy atom. The monoisotopic (exact) mass is 306 g/mol. The average Bonchev–Trinajstić information content (AvgIpc) is 3.15. The Morgan fingerprint density at radius 1 is 1.32 bits per heavy atom. The molecule has 0 aliphatic carbocycles. The lowest BCUT2D eigenvalue weighted by atomic mass is 10.1. The minimum atomic E-state index is 0.552. The van der Waals surface area contributed by atoms with E-state index in [4.69, 9.17) is 0 Å². The van der Waals surface area contributed by atoms with Crippen molar-refractivity contribution in [2.75, 3.05) is 0 Å². The van der Waals surface area contributed by atoms with Crippen molar-refractivity contribution in [3.63, 3.8) is 0 Å². The quantitative estimate of drug-likeness (QED) is 0.689. The summed E-state index contributed by atoms with van der Waals surface area (Å²) in [5.41, 5.74) is 4.62. The maximum absolute atomic E-state index is 9.38. The molecule has 2 aromatic heterocycles. The number of rotatable bonds is 3. The normalized spacial score (nSPS) is 11.4. The topological polar surface area (TPSA) is 54.5 Å². The van der Waals surface area contributed by atoms with Crippen molar-refractivity contribution in [1.82, 2.24) is 14.8 Å². The van der Waals surface area contributed by atoms with Crippen LogP contribution in [0.3, 0.4) is 0 Å². The minimum Gasteiger partial charge on any atom is -0.275 e. The van der Waals surface area contributed by atoms with E-state index in [1.807, 2.05) is 36.8 Å². The first kappa shape index (κ1) is 14.2. The third kappa shape index (κ3) is 2.97. The number of hydrogen-bond acceptors (Lipinski definition) is 4. The Bertz CT molecular complexity index is 863. The van der Waals surface area contributed by atoms with Gasteiger partial charge in [0.2, 0.25) is 0 Å². The van der Waals surface area contributed by atoms with Crippen molar-refractivity contribution < 1.29 is 0 Å². The van der Waals surface area contributed by atoms with E-state index >= 15 is 0 Å². The number of thiazole rings is 1. The highest BCUT2D eigenvalue weighted by Gasteiger charge is 2.09. The zero-order chi connectivity index (χ0) is 15.5. The van der Waals surface area contributed by atoms with E-state index in [0.717, 1.165) is 21.8 Å². The molecule has 0 saturated heterocycles. The molecule has 0 amide bonds. The van der Waals surface area contributed by atoms with E-state index in [1.165, 1.54) is 16.9 Å². The van der Waals surface area contributed by atoms with E-state index in [2.05, 4.69) is 35.2 Å². The van der Waals surface area contributed by atoms with Crippen LogP contribution in [0.15, 0.2) is 42.0 Å². The van der Waals surface area contributed by atoms with Crippen LogP contribution in [0.1, 0.15) is 16.1 Å². The van der Waals surface area contributed by atoms with Crippen LogP contribution in [0, 0.1) is 18.3 Å². The van der Waals surface area contributed by atoms with Crippen LogP contribution in [0.4, 0.5) is 0 Å². The molecule has 2 heterocycles. The summed E-state index contributed by atoms with van der Waals surface area (Å²) in [4.78, 5) is 4.58. The van der Waals surface area contributed by atoms with Crippen molar-refractivity contribution in [3.05, 3.63) is 58.2 Å². The largest absolute Gasteiger partial charge is 0.275 e. The Kier molecular flexibility index (Phi) is 3.86. The van der Waals surface area contributed by atoms with Gasteiger partial charge in [-0.15, -0.1) is 11.3 Å². The van der Waals surface area contributed by atoms with Gasteiger partial charge < -0.3 is 0 Å². The van der Waals surface area contributed by atoms with Crippen molar-refractivity contribution in [1.29, 1.82) is 5.26 Å². The molecule has 1 aromatic carbocycles. The van der Waals surface area contributed by atoms with Gasteiger partial charge in [-0.2, -0.15) is 10.4 Å². The fourth-order valence-electron chi connectivity index (χ4n) is 2.08. The van der Waals surface area contributed by atoms with Crippen LogP contribution >= 0.6 is 11.3 Å². The SMILES string of the molecule is Cc1ccc(-c2csc(C(C#N)=Cc3cnn(C)c3)n2)cc1. The molecule has 0 radical (unpaired) electrons. The van der Waals surface area contributed by atoms with Crippen LogP contribution in [0.2, 0.25) is 0 Å². The fraction of sp³-hybridized carbons (Fsp3) is 0.118. The molecular formula is C17H14N4S. The predicted octanol–water partition coefficient (Wildman–Crippen LogP) is 3.92. The molecule has 0 aliphatic rings. The number of nitriles is 1. The van der Waals surface area contributed by atoms with Crippen LogP contribution in [-0.2, 0) is 7.05 Å². The Balaban J connectivity index is 1.93. The number of nitrogens with zero attached hydrogens (tertiary/aromatic N) is 4. The van der Waals surface area contributed by atoms with Crippen molar-refractivity contribution in [3.8, 4) is 17.3 Å². The molecule has 0 spiro atoms. The number of aryl methyl sites for hydroxylation is 2. The van der Waals surface area contributed by atoms with Gasteiger partial charge in [-0.3, -0.25) is 4.68 Å². The lowest BCUT2D eigenvalue weighted by Crippen LogP contribution is -1.84. The van der Waals surface area contributed by atoms with Gasteiger partial charge in [-0.25, -0.2) is 4.98 Å². The number of benzene rings is 1. The van der Waals surface area contributed by atoms with Crippen molar-refractivity contribution in [2.45, 2.75) is 6.92 Å². The predicted molar refractivity (Wildman–Crippen MR) is 89.0 cm³/mol. The number of allylic oxidation sites excluding steroid dienone is 1. The summed E-state index contributed by atoms with van der Waals surface area (Å²) in [6.45, 7) is 2.06. The standard InChI is InChI=1S/C17H14N4S/c1-12-3-5-14(6-4-12)16-11-22-17(20-16)15(8-18)7-13-9-19-21(2)10-13/h3-7,9-11H,1-2H3. The molecule has 5 heteroatoms. The van der Waals surface area contributed by atoms with Crippen LogP contribution < -0.4 is 0 Å². The third-order valence-corrected chi connectivity index (χ3v) is 4.11. The lowest BCUT2D eigenvalue weighted by Gasteiger charge is -1.97. The third-order valence-electron chi connectivity index (χ3n) is 3.24. The Morgan fingerprint density at radius 3 is 2.73 bits per heavy atom. The molecule has 0 saturated carbocycles. The summed E-state index contributed by atoms with van der Waals surface area (Å²) < 4.78 is 1.71. The van der Waals surface area contributed by atoms with E-state index in [0.29, 0.717) is 5.57 Å². The molecule has 0 unspecified atom stereocenters. The smallest absolute Gasteiger partial charge is 0.134 e. The molecular weight excluding hydrogens is 292 g/mol. The highest BCUT2D eigenvalue weighted by molar-refractivity contribution is 7.11. The van der Waals surface area contributed by atoms with Crippen LogP contribution in [0.25, 0.3) is 22.9 Å². The van der Waals surface area contributed by atoms with Gasteiger partial charge in [0.05, 0.1) is 17.5 Å². The van der Waals surface area contributed by atoms with Gasteiger partial charge in [0.25, 0.3) is 0 Å². The molecule has 0 aliphatic heterocycles. The summed E-state index contributed by atoms with van der Waals surface area (Å²) in [5.74, 6) is 0. The van der Waals surface area contributed by atoms with E-state index in [1.54, 1.807) is 10.9 Å². The second-order valence-electron chi connectivity index (χ2n) is 5.02. The highest BCUT2D eigenvalue weighted by Crippen LogP contribution is 2.27. The molecule has 0 fully saturated rings. The summed E-state index contributed by atoms with van der Waals surface area (Å²) in [5, 5.41) is 16.2. The molecule has 3 aromatic rings. The Hall–Kier alpha value is -2.71. The molecule has 22 heavy (non-hydrogen) atoms. The van der Waals surface area contributed by atoms with E-state index < -0.39 is 0 Å². The lowest BCUT2D eigenvalue weighted by molar-refractivity contribution is 0.767. The van der Waals surface area contributed by atoms with Gasteiger partial charge in [-0.1, -0.05) is 29.8 Å². The molecule has 0 atom stereocenters. The molecule has 0 N–H and O–H groups in total. The molecule has 108 valence electrons. The first-order valence-corrected chi connectivity index (χ1v) is 7.67. The number of hydrogen-bond donors (Lipinski definition) is 0. The van der Waals surface area contributed by atoms with Gasteiger partial charge in [0.1, 0.15) is 11.1 Å². The molecule has 4 nitrogen and oxygen atoms in total. The maximum atomic E-state index is 9.38. The fourth-order valence-corrected chi connectivity index (χ4v) is 2.87. The van der Waals surface area contributed by atoms with E-state index in [9.17, 15) is 5.26 Å². The van der Waals surface area contributed by atoms with Gasteiger partial charge >= 0.3 is 0 Å². The van der Waals surface area contributed by atoms with Gasteiger partial charge in [0, 0.05) is 29.8 Å². The zero-order valence-corrected chi connectivity index (χ0v) is 13.1. The van der Waals surface area contributed by atoms with Crippen molar-refractivity contribution in [2.24, 2.45) is 7.05 Å². The maximum Gasteiger partial charge on any atom is 0.134 e. The second-order valence-corrected chi connectivity index (χ2v) is 5.88. The average molecular weight is 306 g/mol. The summed E-state index contributed by atoms with van der Waals surface area (Å²) >= 11 is 1.48. The number of aromatic nitrogens is 3. The first-order valence-electron chi connectivity index (χ1n) is 6.79. The van der Waals surface area contributed by atoms with Crippen LogP contribution in [0.5, 0.6) is 0 Å². The van der Waals surface area contributed by atoms with E-state index in [-0.39, 0.29) is 0 Å². The Labute approximate surface area is 133 Å². The molecule has 0 bridgehead atoms. The second kappa shape index (κ2) is 5.96. The summed E-state index contributed by atoms with van der Waals surface area (Å²) in [6, 6.07) is 10.4. The minimum absolute atomic E-state index is 0.552. The summed E-state index contributed by atoms with van der Waals surface area (Å²) in [6.07, 6.45) is 5.41. The molecule has 3 rings (SSSR count). The summed E-state index contributed by atoms with van der Waals surface area (Å²) in [7, 11) is 1.85. The van der Waals surface area contributed by atoms with Crippen LogP contribution in [-0.4, -0.2) is 14.8 Å². The zero-order valence-electron chi connectivity index (χ0n) is 12.3. The highest BCUT2D eigenvalue weighted by atomic mass is 32.1. The van der Waals surface area contributed by atoms with Gasteiger partial charge in [0.15, 0.2) is 0 Å². The van der Waals surface area contributed by atoms with Crippen molar-refractivity contribution >= 4 is 23.0 Å². The first-order chi connectivity index (χ1) is 10.7. The van der Waals surface area contributed by atoms with Gasteiger partial charge in [-0.05, 0) is 13.0 Å².